The van der Waals surface area contributed by atoms with E-state index in [2.05, 4.69) is 20.6 Å². The molecule has 0 spiro atoms. The van der Waals surface area contributed by atoms with Crippen LogP contribution in [0.3, 0.4) is 0 Å². The lowest BCUT2D eigenvalue weighted by atomic mass is 10.1. The minimum absolute atomic E-state index is 0.0541. The first-order chi connectivity index (χ1) is 8.60. The third-order valence-electron chi connectivity index (χ3n) is 2.74. The molecular weight excluding hydrogens is 232 g/mol. The largest absolute Gasteiger partial charge is 0.326 e. The number of imidazole rings is 1. The number of aromatic nitrogens is 2. The molecule has 1 atom stereocenters. The number of aromatic amines is 2. The Kier molecular flexibility index (Phi) is 3.47. The van der Waals surface area contributed by atoms with E-state index in [1.807, 2.05) is 6.92 Å². The minimum Gasteiger partial charge on any atom is -0.326 e. The van der Waals surface area contributed by atoms with Gasteiger partial charge in [0.25, 0.3) is 0 Å². The number of amides is 1. The van der Waals surface area contributed by atoms with Crippen molar-refractivity contribution in [1.82, 2.24) is 15.3 Å². The summed E-state index contributed by atoms with van der Waals surface area (Å²) in [6.45, 7) is 2.47. The summed E-state index contributed by atoms with van der Waals surface area (Å²) in [5, 5.41) is 5.77. The summed E-state index contributed by atoms with van der Waals surface area (Å²) in [4.78, 5) is 28.2. The molecule has 1 aromatic heterocycles. The molecule has 6 nitrogen and oxygen atoms in total. The maximum Gasteiger partial charge on any atom is 0.323 e. The fourth-order valence-electron chi connectivity index (χ4n) is 1.77. The first-order valence-corrected chi connectivity index (χ1v) is 5.77. The van der Waals surface area contributed by atoms with Crippen molar-refractivity contribution in [2.45, 2.75) is 6.92 Å². The molecule has 6 heteroatoms. The zero-order chi connectivity index (χ0) is 13.1. The van der Waals surface area contributed by atoms with Gasteiger partial charge in [-0.15, -0.1) is 0 Å². The van der Waals surface area contributed by atoms with Crippen molar-refractivity contribution < 1.29 is 4.79 Å². The summed E-state index contributed by atoms with van der Waals surface area (Å²) >= 11 is 0. The van der Waals surface area contributed by atoms with Gasteiger partial charge in [-0.1, -0.05) is 6.92 Å². The number of fused-ring (bicyclic) bond motifs is 1. The summed E-state index contributed by atoms with van der Waals surface area (Å²) in [6, 6.07) is 5.25. The number of nitrogens with one attached hydrogen (secondary N) is 4. The molecule has 18 heavy (non-hydrogen) atoms. The highest BCUT2D eigenvalue weighted by Crippen LogP contribution is 2.15. The molecule has 1 aromatic carbocycles. The molecule has 2 aromatic rings. The minimum atomic E-state index is -0.253. The van der Waals surface area contributed by atoms with E-state index in [9.17, 15) is 9.59 Å². The Hall–Kier alpha value is -2.08. The molecule has 0 fully saturated rings. The Balaban J connectivity index is 2.16. The van der Waals surface area contributed by atoms with Crippen LogP contribution in [-0.4, -0.2) is 29.5 Å². The van der Waals surface area contributed by atoms with Crippen molar-refractivity contribution in [2.75, 3.05) is 18.9 Å². The molecule has 1 heterocycles. The topological polar surface area (TPSA) is 89.8 Å². The Labute approximate surface area is 104 Å². The second-order valence-electron chi connectivity index (χ2n) is 4.29. The van der Waals surface area contributed by atoms with E-state index >= 15 is 0 Å². The molecule has 4 N–H and O–H groups in total. The van der Waals surface area contributed by atoms with Crippen LogP contribution in [0.1, 0.15) is 6.92 Å². The highest BCUT2D eigenvalue weighted by molar-refractivity contribution is 5.94. The Morgan fingerprint density at radius 3 is 2.78 bits per heavy atom. The first kappa shape index (κ1) is 12.4. The van der Waals surface area contributed by atoms with Gasteiger partial charge in [-0.3, -0.25) is 4.79 Å². The van der Waals surface area contributed by atoms with E-state index in [-0.39, 0.29) is 17.5 Å². The smallest absolute Gasteiger partial charge is 0.323 e. The quantitative estimate of drug-likeness (QED) is 0.640. The van der Waals surface area contributed by atoms with Crippen molar-refractivity contribution in [3.8, 4) is 0 Å². The zero-order valence-electron chi connectivity index (χ0n) is 10.3. The summed E-state index contributed by atoms with van der Waals surface area (Å²) < 4.78 is 0. The molecular formula is C12H16N4O2. The molecule has 1 amide bonds. The van der Waals surface area contributed by atoms with Gasteiger partial charge in [0.05, 0.1) is 11.0 Å². The van der Waals surface area contributed by atoms with Crippen molar-refractivity contribution in [3.05, 3.63) is 28.7 Å². The van der Waals surface area contributed by atoms with Crippen molar-refractivity contribution in [2.24, 2.45) is 5.92 Å². The summed E-state index contributed by atoms with van der Waals surface area (Å²) in [5.74, 6) is -0.169. The van der Waals surface area contributed by atoms with Gasteiger partial charge in [-0.05, 0) is 25.2 Å². The second kappa shape index (κ2) is 5.05. The molecule has 96 valence electrons. The van der Waals surface area contributed by atoms with E-state index < -0.39 is 0 Å². The molecule has 0 saturated heterocycles. The van der Waals surface area contributed by atoms with Crippen LogP contribution in [0.25, 0.3) is 11.0 Å². The first-order valence-electron chi connectivity index (χ1n) is 5.77. The number of hydrogen-bond acceptors (Lipinski definition) is 3. The average molecular weight is 248 g/mol. The van der Waals surface area contributed by atoms with Gasteiger partial charge in [0.2, 0.25) is 5.91 Å². The van der Waals surface area contributed by atoms with E-state index in [1.54, 1.807) is 25.2 Å². The Bertz CT molecular complexity index is 614. The lowest BCUT2D eigenvalue weighted by Gasteiger charge is -2.11. The number of H-pyrrole nitrogens is 2. The van der Waals surface area contributed by atoms with Crippen LogP contribution in [-0.2, 0) is 4.79 Å². The predicted molar refractivity (Wildman–Crippen MR) is 70.6 cm³/mol. The lowest BCUT2D eigenvalue weighted by Crippen LogP contribution is -2.28. The van der Waals surface area contributed by atoms with E-state index in [0.29, 0.717) is 17.7 Å². The fourth-order valence-corrected chi connectivity index (χ4v) is 1.77. The number of carbonyl (C=O) groups excluding carboxylic acids is 1. The van der Waals surface area contributed by atoms with Crippen molar-refractivity contribution in [3.63, 3.8) is 0 Å². The van der Waals surface area contributed by atoms with Gasteiger partial charge in [0.1, 0.15) is 0 Å². The average Bonchev–Trinajstić information content (AvgIpc) is 2.68. The highest BCUT2D eigenvalue weighted by atomic mass is 16.2. The zero-order valence-corrected chi connectivity index (χ0v) is 10.3. The van der Waals surface area contributed by atoms with Gasteiger partial charge in [0, 0.05) is 18.2 Å². The van der Waals surface area contributed by atoms with Gasteiger partial charge in [-0.2, -0.15) is 0 Å². The molecule has 0 aliphatic carbocycles. The molecule has 0 saturated carbocycles. The van der Waals surface area contributed by atoms with Crippen LogP contribution in [0.15, 0.2) is 23.0 Å². The number of hydrogen-bond donors (Lipinski definition) is 4. The van der Waals surface area contributed by atoms with Gasteiger partial charge < -0.3 is 20.6 Å². The summed E-state index contributed by atoms with van der Waals surface area (Å²) in [7, 11) is 1.81. The molecule has 0 radical (unpaired) electrons. The third-order valence-corrected chi connectivity index (χ3v) is 2.74. The molecule has 0 aliphatic heterocycles. The monoisotopic (exact) mass is 248 g/mol. The standard InChI is InChI=1S/C12H16N4O2/c1-7(6-13-2)11(17)14-8-3-4-9-10(5-8)16-12(18)15-9/h3-5,7,13H,6H2,1-2H3,(H,14,17)(H2,15,16,18). The fraction of sp³-hybridized carbons (Fsp3) is 0.333. The summed E-state index contributed by atoms with van der Waals surface area (Å²) in [5.41, 5.74) is 1.82. The van der Waals surface area contributed by atoms with Crippen molar-refractivity contribution >= 4 is 22.6 Å². The van der Waals surface area contributed by atoms with Crippen LogP contribution in [0, 0.1) is 5.92 Å². The SMILES string of the molecule is CNCC(C)C(=O)Nc1ccc2[nH]c(=O)[nH]c2c1. The second-order valence-corrected chi connectivity index (χ2v) is 4.29. The highest BCUT2D eigenvalue weighted by Gasteiger charge is 2.12. The Morgan fingerprint density at radius 2 is 2.06 bits per heavy atom. The molecule has 1 unspecified atom stereocenters. The molecule has 0 bridgehead atoms. The number of benzene rings is 1. The van der Waals surface area contributed by atoms with Gasteiger partial charge >= 0.3 is 5.69 Å². The van der Waals surface area contributed by atoms with Gasteiger partial charge in [-0.25, -0.2) is 4.79 Å². The number of anilines is 1. The maximum atomic E-state index is 11.8. The normalized spacial score (nSPS) is 12.6. The van der Waals surface area contributed by atoms with Crippen LogP contribution in [0.5, 0.6) is 0 Å². The van der Waals surface area contributed by atoms with Crippen LogP contribution < -0.4 is 16.3 Å². The third kappa shape index (κ3) is 2.60. The number of rotatable bonds is 4. The maximum absolute atomic E-state index is 11.8. The Morgan fingerprint density at radius 1 is 1.33 bits per heavy atom. The predicted octanol–water partition coefficient (Wildman–Crippen LogP) is 0.650. The van der Waals surface area contributed by atoms with E-state index in [4.69, 9.17) is 0 Å². The summed E-state index contributed by atoms with van der Waals surface area (Å²) in [6.07, 6.45) is 0. The van der Waals surface area contributed by atoms with E-state index in [1.165, 1.54) is 0 Å². The van der Waals surface area contributed by atoms with Crippen molar-refractivity contribution in [1.29, 1.82) is 0 Å². The molecule has 2 rings (SSSR count). The lowest BCUT2D eigenvalue weighted by molar-refractivity contribution is -0.119. The van der Waals surface area contributed by atoms with E-state index in [0.717, 1.165) is 5.52 Å². The number of carbonyl (C=O) groups is 1. The van der Waals surface area contributed by atoms with Crippen LogP contribution >= 0.6 is 0 Å². The van der Waals surface area contributed by atoms with Gasteiger partial charge in [0.15, 0.2) is 0 Å². The molecule has 0 aliphatic rings. The van der Waals surface area contributed by atoms with Crippen LogP contribution in [0.2, 0.25) is 0 Å². The van der Waals surface area contributed by atoms with Crippen LogP contribution in [0.4, 0.5) is 5.69 Å².